The Morgan fingerprint density at radius 1 is 0.292 bits per heavy atom. The molecule has 0 unspecified atom stereocenters. The lowest BCUT2D eigenvalue weighted by Crippen LogP contribution is -2.22. The number of fused-ring (bicyclic) bond motifs is 13. The minimum Gasteiger partial charge on any atom is -0.458 e. The first-order valence-corrected chi connectivity index (χ1v) is 32.2. The van der Waals surface area contributed by atoms with Crippen molar-refractivity contribution in [3.05, 3.63) is 326 Å². The lowest BCUT2D eigenvalue weighted by atomic mass is 10.0. The van der Waals surface area contributed by atoms with E-state index in [0.717, 1.165) is 169 Å². The second-order valence-electron chi connectivity index (χ2n) is 24.4. The number of carbonyl (C=O) groups is 1. The fourth-order valence-corrected chi connectivity index (χ4v) is 14.6. The van der Waals surface area contributed by atoms with Gasteiger partial charge >= 0.3 is 0 Å². The summed E-state index contributed by atoms with van der Waals surface area (Å²) in [6.07, 6.45) is 4.16. The minimum absolute atomic E-state index is 0.0737. The van der Waals surface area contributed by atoms with Crippen LogP contribution in [0.1, 0.15) is 29.8 Å². The molecule has 2 aromatic heterocycles. The molecule has 0 N–H and O–H groups in total. The van der Waals surface area contributed by atoms with Gasteiger partial charge in [0.15, 0.2) is 46.0 Å². The van der Waals surface area contributed by atoms with Gasteiger partial charge in [-0.15, -0.1) is 0 Å². The van der Waals surface area contributed by atoms with E-state index < -0.39 is 0 Å². The van der Waals surface area contributed by atoms with E-state index in [0.29, 0.717) is 11.1 Å². The molecule has 15 aromatic rings. The monoisotopic (exact) mass is 1240 g/mol. The van der Waals surface area contributed by atoms with Gasteiger partial charge in [0, 0.05) is 66.8 Å². The van der Waals surface area contributed by atoms with E-state index in [4.69, 9.17) is 18.9 Å². The molecule has 0 fully saturated rings. The number of hydrogen-bond donors (Lipinski definition) is 0. The lowest BCUT2D eigenvalue weighted by molar-refractivity contribution is 0.103. The molecule has 6 heterocycles. The molecule has 0 spiro atoms. The largest absolute Gasteiger partial charge is 0.458 e. The van der Waals surface area contributed by atoms with Crippen LogP contribution in [0.25, 0.3) is 55.0 Å². The van der Waals surface area contributed by atoms with Crippen molar-refractivity contribution in [3.8, 4) is 51.6 Å². The topological polar surface area (TPSA) is 76.8 Å². The van der Waals surface area contributed by atoms with Crippen LogP contribution in [0.3, 0.4) is 0 Å². The molecule has 0 radical (unpaired) electrons. The van der Waals surface area contributed by atoms with Crippen LogP contribution in [-0.4, -0.2) is 14.9 Å². The summed E-state index contributed by atoms with van der Waals surface area (Å²) in [4.78, 5) is 24.0. The lowest BCUT2D eigenvalue weighted by Gasteiger charge is -2.33. The second kappa shape index (κ2) is 21.6. The maximum atomic E-state index is 14.9. The molecule has 0 saturated carbocycles. The highest BCUT2D eigenvalue weighted by atomic mass is 16.5. The first-order chi connectivity index (χ1) is 47.4. The average molecular weight is 1240 g/mol. The highest BCUT2D eigenvalue weighted by Crippen LogP contribution is 2.55. The van der Waals surface area contributed by atoms with Gasteiger partial charge in [0.2, 0.25) is 0 Å². The summed E-state index contributed by atoms with van der Waals surface area (Å²) in [7, 11) is 0. The van der Waals surface area contributed by atoms with Crippen molar-refractivity contribution in [2.24, 2.45) is 0 Å². The summed E-state index contributed by atoms with van der Waals surface area (Å²) in [6.45, 7) is 4.05. The number of benzene rings is 13. The van der Waals surface area contributed by atoms with Gasteiger partial charge in [0.1, 0.15) is 5.76 Å². The zero-order valence-electron chi connectivity index (χ0n) is 52.1. The number of rotatable bonds is 9. The van der Waals surface area contributed by atoms with Gasteiger partial charge < -0.3 is 47.7 Å². The second-order valence-corrected chi connectivity index (χ2v) is 24.4. The van der Waals surface area contributed by atoms with Crippen molar-refractivity contribution in [1.29, 1.82) is 0 Å². The highest BCUT2D eigenvalue weighted by Gasteiger charge is 2.32. The standard InChI is InChI=1S/C85H56N6O5/c1-3-18-66-53(2)93-78-26-11-4-19-71(78)88(66)58-41-45-67-62(49-58)63-50-59(89-72-20-5-12-27-79(72)94-80-28-13-6-21-73(80)89)42-46-68(63)86(67)56-37-33-54(34-38-56)85(92)55-35-39-57(40-36-55)87-69-47-43-60(90-74-22-7-14-29-81(74)95-82-30-15-8-23-75(82)90)51-64(69)65-52-61(44-48-70(65)87)91-76-24-9-16-31-83(76)96-84-32-17-10-25-77(84)91/h3-52H,1-2H3/b18-3-. The molecule has 4 aliphatic rings. The molecule has 0 amide bonds. The van der Waals surface area contributed by atoms with Gasteiger partial charge in [-0.05, 0) is 226 Å². The Morgan fingerprint density at radius 2 is 0.542 bits per heavy atom. The Morgan fingerprint density at radius 3 is 0.833 bits per heavy atom. The van der Waals surface area contributed by atoms with Crippen LogP contribution in [0.5, 0.6) is 40.2 Å². The maximum Gasteiger partial charge on any atom is 0.193 e. The molecule has 11 nitrogen and oxygen atoms in total. The highest BCUT2D eigenvalue weighted by molar-refractivity contribution is 6.15. The van der Waals surface area contributed by atoms with E-state index in [9.17, 15) is 4.79 Å². The Hall–Kier alpha value is -13.0. The van der Waals surface area contributed by atoms with E-state index >= 15 is 0 Å². The van der Waals surface area contributed by atoms with Gasteiger partial charge in [-0.1, -0.05) is 91.0 Å². The van der Waals surface area contributed by atoms with E-state index in [1.807, 2.05) is 123 Å². The van der Waals surface area contributed by atoms with E-state index in [1.165, 1.54) is 0 Å². The Labute approximate surface area is 552 Å². The number of hydrogen-bond acceptors (Lipinski definition) is 9. The van der Waals surface area contributed by atoms with Crippen LogP contribution in [-0.2, 0) is 0 Å². The number of para-hydroxylation sites is 14. The van der Waals surface area contributed by atoms with Crippen molar-refractivity contribution in [2.45, 2.75) is 13.8 Å². The van der Waals surface area contributed by atoms with Gasteiger partial charge in [0.25, 0.3) is 0 Å². The normalized spacial score (nSPS) is 13.5. The summed E-state index contributed by atoms with van der Waals surface area (Å²) in [5, 5.41) is 4.25. The average Bonchev–Trinajstić information content (AvgIpc) is 1.18. The number of ketones is 1. The fraction of sp³-hybridized carbons (Fsp3) is 0.0235. The first-order valence-electron chi connectivity index (χ1n) is 32.2. The summed E-state index contributed by atoms with van der Waals surface area (Å²) in [5.41, 5.74) is 18.7. The molecule has 4 aliphatic heterocycles. The molecule has 0 saturated heterocycles. The van der Waals surface area contributed by atoms with E-state index in [2.05, 4.69) is 223 Å². The fourth-order valence-electron chi connectivity index (χ4n) is 14.6. The van der Waals surface area contributed by atoms with Crippen LogP contribution >= 0.6 is 0 Å². The summed E-state index contributed by atoms with van der Waals surface area (Å²) in [6, 6.07) is 100. The van der Waals surface area contributed by atoms with E-state index in [1.54, 1.807) is 0 Å². The predicted octanol–water partition coefficient (Wildman–Crippen LogP) is 23.2. The van der Waals surface area contributed by atoms with Crippen LogP contribution in [0.15, 0.2) is 315 Å². The molecule has 11 heteroatoms. The number of allylic oxidation sites excluding steroid dienone is 3. The smallest absolute Gasteiger partial charge is 0.193 e. The molecule has 0 bridgehead atoms. The minimum atomic E-state index is -0.0737. The number of aromatic nitrogens is 2. The zero-order chi connectivity index (χ0) is 63.7. The quantitative estimate of drug-likeness (QED) is 0.131. The van der Waals surface area contributed by atoms with Crippen molar-refractivity contribution in [3.63, 3.8) is 0 Å². The van der Waals surface area contributed by atoms with Crippen molar-refractivity contribution < 1.29 is 23.7 Å². The Balaban J connectivity index is 0.706. The van der Waals surface area contributed by atoms with Crippen molar-refractivity contribution >= 4 is 112 Å². The molecule has 0 aliphatic carbocycles. The first kappa shape index (κ1) is 54.7. The molecule has 456 valence electrons. The number of nitrogens with zero attached hydrogens (tertiary/aromatic N) is 6. The molecular formula is C85H56N6O5. The van der Waals surface area contributed by atoms with Gasteiger partial charge in [-0.2, -0.15) is 0 Å². The van der Waals surface area contributed by atoms with Crippen LogP contribution in [0, 0.1) is 0 Å². The molecular weight excluding hydrogens is 1180 g/mol. The van der Waals surface area contributed by atoms with Crippen LogP contribution in [0.4, 0.5) is 62.6 Å². The van der Waals surface area contributed by atoms with Gasteiger partial charge in [-0.3, -0.25) is 4.79 Å². The number of carbonyl (C=O) groups excluding carboxylic acids is 1. The van der Waals surface area contributed by atoms with E-state index in [-0.39, 0.29) is 5.78 Å². The summed E-state index contributed by atoms with van der Waals surface area (Å²) >= 11 is 0. The summed E-state index contributed by atoms with van der Waals surface area (Å²) < 4.78 is 30.4. The van der Waals surface area contributed by atoms with Gasteiger partial charge in [0.05, 0.1) is 67.6 Å². The molecule has 19 rings (SSSR count). The van der Waals surface area contributed by atoms with Crippen molar-refractivity contribution in [1.82, 2.24) is 9.13 Å². The summed E-state index contributed by atoms with van der Waals surface area (Å²) in [5.74, 6) is 6.25. The third-order valence-corrected chi connectivity index (χ3v) is 18.9. The van der Waals surface area contributed by atoms with Crippen LogP contribution < -0.4 is 38.5 Å². The molecule has 96 heavy (non-hydrogen) atoms. The van der Waals surface area contributed by atoms with Crippen molar-refractivity contribution in [2.75, 3.05) is 19.6 Å². The molecule has 0 atom stereocenters. The number of anilines is 11. The SMILES string of the molecule is C/C=C\C1=C(C)Oc2ccccc2N1c1ccc2c(c1)c1cc(N3c4ccccc4Oc4ccccc43)ccc1n2-c1ccc(C(=O)c2ccc(-n3c4ccc(N5c6ccccc6Oc6ccccc65)cc4c4cc(N5c6ccccc6Oc6ccccc65)ccc43)cc2)cc1. The Kier molecular flexibility index (Phi) is 12.3. The third kappa shape index (κ3) is 8.50. The predicted molar refractivity (Wildman–Crippen MR) is 386 cm³/mol. The molecule has 13 aromatic carbocycles. The van der Waals surface area contributed by atoms with Gasteiger partial charge in [-0.25, -0.2) is 0 Å². The zero-order valence-corrected chi connectivity index (χ0v) is 52.1. The Bertz CT molecular complexity index is 5530. The number of ether oxygens (including phenoxy) is 4. The van der Waals surface area contributed by atoms with Crippen LogP contribution in [0.2, 0.25) is 0 Å². The third-order valence-electron chi connectivity index (χ3n) is 18.9. The maximum absolute atomic E-state index is 14.9.